The van der Waals surface area contributed by atoms with Gasteiger partial charge in [0.05, 0.1) is 18.7 Å². The molecule has 1 aliphatic rings. The molecule has 1 fully saturated rings. The van der Waals surface area contributed by atoms with E-state index >= 15 is 0 Å². The van der Waals surface area contributed by atoms with E-state index in [9.17, 15) is 0 Å². The van der Waals surface area contributed by atoms with Crippen LogP contribution >= 0.6 is 15.9 Å². The summed E-state index contributed by atoms with van der Waals surface area (Å²) in [4.78, 5) is 6.97. The average molecular weight is 293 g/mol. The molecule has 0 atom stereocenters. The summed E-state index contributed by atoms with van der Waals surface area (Å²) in [6.45, 7) is 3.43. The molecule has 0 aliphatic carbocycles. The van der Waals surface area contributed by atoms with E-state index in [1.165, 1.54) is 0 Å². The molecule has 0 radical (unpaired) electrons. The minimum Gasteiger partial charge on any atom is -0.378 e. The maximum absolute atomic E-state index is 5.35. The minimum absolute atomic E-state index is 0.790. The molecule has 17 heavy (non-hydrogen) atoms. The zero-order chi connectivity index (χ0) is 11.7. The predicted molar refractivity (Wildman–Crippen MR) is 72.5 cm³/mol. The van der Waals surface area contributed by atoms with Crippen LogP contribution in [0.5, 0.6) is 0 Å². The lowest BCUT2D eigenvalue weighted by Crippen LogP contribution is -2.36. The second-order valence-electron chi connectivity index (χ2n) is 4.08. The van der Waals surface area contributed by atoms with E-state index in [1.54, 1.807) is 0 Å². The number of ether oxygens (including phenoxy) is 1. The van der Waals surface area contributed by atoms with Gasteiger partial charge in [0.1, 0.15) is 5.82 Å². The van der Waals surface area contributed by atoms with E-state index in [4.69, 9.17) is 9.72 Å². The van der Waals surface area contributed by atoms with E-state index in [-0.39, 0.29) is 0 Å². The van der Waals surface area contributed by atoms with Gasteiger partial charge < -0.3 is 9.64 Å². The fourth-order valence-electron chi connectivity index (χ4n) is 2.08. The van der Waals surface area contributed by atoms with E-state index in [2.05, 4.69) is 33.0 Å². The molecule has 2 aromatic rings. The maximum Gasteiger partial charge on any atom is 0.129 e. The molecule has 3 nitrogen and oxygen atoms in total. The third-order valence-electron chi connectivity index (χ3n) is 3.00. The zero-order valence-corrected chi connectivity index (χ0v) is 11.0. The Balaban J connectivity index is 2.01. The average Bonchev–Trinajstić information content (AvgIpc) is 2.40. The molecule has 2 heterocycles. The summed E-state index contributed by atoms with van der Waals surface area (Å²) >= 11 is 3.54. The first-order chi connectivity index (χ1) is 8.34. The zero-order valence-electron chi connectivity index (χ0n) is 9.40. The van der Waals surface area contributed by atoms with Crippen LogP contribution in [0.15, 0.2) is 34.8 Å². The van der Waals surface area contributed by atoms with Gasteiger partial charge in [0, 0.05) is 22.9 Å². The van der Waals surface area contributed by atoms with Crippen molar-refractivity contribution in [2.24, 2.45) is 0 Å². The van der Waals surface area contributed by atoms with Crippen LogP contribution in [0, 0.1) is 0 Å². The number of aromatic nitrogens is 1. The summed E-state index contributed by atoms with van der Waals surface area (Å²) < 4.78 is 6.44. The first kappa shape index (κ1) is 11.0. The third-order valence-corrected chi connectivity index (χ3v) is 3.69. The molecule has 0 bridgehead atoms. The lowest BCUT2D eigenvalue weighted by Gasteiger charge is -2.27. The van der Waals surface area contributed by atoms with E-state index in [0.717, 1.165) is 47.5 Å². The van der Waals surface area contributed by atoms with Crippen LogP contribution in [-0.4, -0.2) is 31.3 Å². The molecule has 1 aromatic heterocycles. The van der Waals surface area contributed by atoms with Crippen LogP contribution < -0.4 is 4.90 Å². The van der Waals surface area contributed by atoms with Crippen LogP contribution in [0.3, 0.4) is 0 Å². The molecule has 1 saturated heterocycles. The normalized spacial score (nSPS) is 16.4. The van der Waals surface area contributed by atoms with Gasteiger partial charge in [-0.2, -0.15) is 0 Å². The van der Waals surface area contributed by atoms with E-state index in [0.29, 0.717) is 0 Å². The number of halogens is 1. The smallest absolute Gasteiger partial charge is 0.129 e. The number of benzene rings is 1. The number of rotatable bonds is 1. The Bertz CT molecular complexity index is 538. The van der Waals surface area contributed by atoms with Gasteiger partial charge in [0.25, 0.3) is 0 Å². The fourth-order valence-corrected chi connectivity index (χ4v) is 2.56. The molecule has 4 heteroatoms. The van der Waals surface area contributed by atoms with E-state index in [1.807, 2.05) is 18.2 Å². The Morgan fingerprint density at radius 3 is 2.76 bits per heavy atom. The van der Waals surface area contributed by atoms with Crippen LogP contribution in [-0.2, 0) is 4.74 Å². The molecule has 0 spiro atoms. The quantitative estimate of drug-likeness (QED) is 0.808. The highest BCUT2D eigenvalue weighted by Crippen LogP contribution is 2.25. The van der Waals surface area contributed by atoms with Crippen molar-refractivity contribution in [1.29, 1.82) is 0 Å². The standard InChI is InChI=1S/C13H13BrN2O/c14-11-2-1-3-12-10(11)4-5-13(15-12)16-6-8-17-9-7-16/h1-5H,6-9H2. The van der Waals surface area contributed by atoms with Gasteiger partial charge in [-0.1, -0.05) is 22.0 Å². The highest BCUT2D eigenvalue weighted by Gasteiger charge is 2.12. The maximum atomic E-state index is 5.35. The van der Waals surface area contributed by atoms with Crippen molar-refractivity contribution in [1.82, 2.24) is 4.98 Å². The highest BCUT2D eigenvalue weighted by atomic mass is 79.9. The molecule has 1 aliphatic heterocycles. The van der Waals surface area contributed by atoms with Crippen molar-refractivity contribution >= 4 is 32.7 Å². The predicted octanol–water partition coefficient (Wildman–Crippen LogP) is 2.83. The second-order valence-corrected chi connectivity index (χ2v) is 4.93. The Kier molecular flexibility index (Phi) is 2.99. The van der Waals surface area contributed by atoms with Crippen LogP contribution in [0.25, 0.3) is 10.9 Å². The van der Waals surface area contributed by atoms with Gasteiger partial charge in [0.15, 0.2) is 0 Å². The van der Waals surface area contributed by atoms with Gasteiger partial charge in [-0.05, 0) is 24.3 Å². The lowest BCUT2D eigenvalue weighted by molar-refractivity contribution is 0.122. The highest BCUT2D eigenvalue weighted by molar-refractivity contribution is 9.10. The van der Waals surface area contributed by atoms with Crippen molar-refractivity contribution in [3.63, 3.8) is 0 Å². The molecular weight excluding hydrogens is 280 g/mol. The molecular formula is C13H13BrN2O. The first-order valence-electron chi connectivity index (χ1n) is 5.72. The fraction of sp³-hybridized carbons (Fsp3) is 0.308. The Morgan fingerprint density at radius 1 is 1.12 bits per heavy atom. The topological polar surface area (TPSA) is 25.4 Å². The van der Waals surface area contributed by atoms with Gasteiger partial charge in [-0.25, -0.2) is 4.98 Å². The molecule has 0 amide bonds. The van der Waals surface area contributed by atoms with Gasteiger partial charge in [-0.3, -0.25) is 0 Å². The number of hydrogen-bond acceptors (Lipinski definition) is 3. The third kappa shape index (κ3) is 2.15. The van der Waals surface area contributed by atoms with Gasteiger partial charge in [-0.15, -0.1) is 0 Å². The summed E-state index contributed by atoms with van der Waals surface area (Å²) in [6.07, 6.45) is 0. The molecule has 0 saturated carbocycles. The van der Waals surface area contributed by atoms with Crippen molar-refractivity contribution in [2.45, 2.75) is 0 Å². The molecule has 1 aromatic carbocycles. The van der Waals surface area contributed by atoms with Crippen LogP contribution in [0.4, 0.5) is 5.82 Å². The van der Waals surface area contributed by atoms with Gasteiger partial charge in [0.2, 0.25) is 0 Å². The van der Waals surface area contributed by atoms with Gasteiger partial charge >= 0.3 is 0 Å². The Labute approximate surface area is 109 Å². The number of nitrogens with zero attached hydrogens (tertiary/aromatic N) is 2. The van der Waals surface area contributed by atoms with Crippen molar-refractivity contribution in [3.05, 3.63) is 34.8 Å². The van der Waals surface area contributed by atoms with Crippen molar-refractivity contribution < 1.29 is 4.74 Å². The SMILES string of the molecule is Brc1cccc2nc(N3CCOCC3)ccc12. The summed E-state index contributed by atoms with van der Waals surface area (Å²) in [6, 6.07) is 10.3. The molecule has 88 valence electrons. The summed E-state index contributed by atoms with van der Waals surface area (Å²) in [7, 11) is 0. The summed E-state index contributed by atoms with van der Waals surface area (Å²) in [5.41, 5.74) is 1.03. The Morgan fingerprint density at radius 2 is 1.94 bits per heavy atom. The molecule has 3 rings (SSSR count). The van der Waals surface area contributed by atoms with Crippen LogP contribution in [0.2, 0.25) is 0 Å². The number of hydrogen-bond donors (Lipinski definition) is 0. The number of anilines is 1. The molecule has 0 unspecified atom stereocenters. The largest absolute Gasteiger partial charge is 0.378 e. The summed E-state index contributed by atoms with van der Waals surface area (Å²) in [5.74, 6) is 1.04. The van der Waals surface area contributed by atoms with Crippen molar-refractivity contribution in [3.8, 4) is 0 Å². The van der Waals surface area contributed by atoms with E-state index < -0.39 is 0 Å². The Hall–Kier alpha value is -1.13. The minimum atomic E-state index is 0.790. The van der Waals surface area contributed by atoms with Crippen molar-refractivity contribution in [2.75, 3.05) is 31.2 Å². The molecule has 0 N–H and O–H groups in total. The lowest BCUT2D eigenvalue weighted by atomic mass is 10.2. The number of fused-ring (bicyclic) bond motifs is 1. The number of pyridine rings is 1. The monoisotopic (exact) mass is 292 g/mol. The first-order valence-corrected chi connectivity index (χ1v) is 6.52. The van der Waals surface area contributed by atoms with Crippen LogP contribution in [0.1, 0.15) is 0 Å². The second kappa shape index (κ2) is 4.63. The summed E-state index contributed by atoms with van der Waals surface area (Å²) in [5, 5.41) is 1.16. The number of morpholine rings is 1.